The highest BCUT2D eigenvalue weighted by Gasteiger charge is 2.20. The van der Waals surface area contributed by atoms with E-state index < -0.39 is 18.6 Å². The first-order valence-corrected chi connectivity index (χ1v) is 12.3. The van der Waals surface area contributed by atoms with E-state index in [4.69, 9.17) is 25.5 Å². The van der Waals surface area contributed by atoms with Crippen molar-refractivity contribution < 1.29 is 28.6 Å². The maximum absolute atomic E-state index is 12.7. The summed E-state index contributed by atoms with van der Waals surface area (Å²) in [5.41, 5.74) is 3.24. The van der Waals surface area contributed by atoms with Crippen molar-refractivity contribution in [3.8, 4) is 23.0 Å². The molecular formula is C29H27ClN2O6. The molecule has 3 aromatic carbocycles. The van der Waals surface area contributed by atoms with Gasteiger partial charge in [0.25, 0.3) is 0 Å². The molecule has 1 aromatic heterocycles. The molecule has 196 valence electrons. The van der Waals surface area contributed by atoms with E-state index >= 15 is 0 Å². The highest BCUT2D eigenvalue weighted by atomic mass is 35.5. The lowest BCUT2D eigenvalue weighted by molar-refractivity contribution is -0.138. The van der Waals surface area contributed by atoms with Crippen LogP contribution in [0.2, 0.25) is 5.02 Å². The molecule has 0 atom stereocenters. The van der Waals surface area contributed by atoms with Gasteiger partial charge in [-0.2, -0.15) is 0 Å². The molecule has 4 aromatic rings. The quantitative estimate of drug-likeness (QED) is 0.254. The second-order valence-corrected chi connectivity index (χ2v) is 9.07. The minimum atomic E-state index is -1.16. The molecule has 1 amide bonds. The van der Waals surface area contributed by atoms with Crippen LogP contribution in [-0.4, -0.2) is 40.2 Å². The third-order valence-corrected chi connectivity index (χ3v) is 6.13. The highest BCUT2D eigenvalue weighted by molar-refractivity contribution is 6.31. The molecule has 0 saturated carbocycles. The van der Waals surface area contributed by atoms with E-state index in [1.54, 1.807) is 36.4 Å². The molecule has 0 aliphatic rings. The second-order valence-electron chi connectivity index (χ2n) is 8.66. The molecule has 38 heavy (non-hydrogen) atoms. The van der Waals surface area contributed by atoms with E-state index in [0.717, 1.165) is 27.5 Å². The van der Waals surface area contributed by atoms with Crippen molar-refractivity contribution in [2.24, 2.45) is 0 Å². The molecule has 8 nitrogen and oxygen atoms in total. The summed E-state index contributed by atoms with van der Waals surface area (Å²) >= 11 is 6.10. The summed E-state index contributed by atoms with van der Waals surface area (Å²) in [5, 5.41) is 9.77. The van der Waals surface area contributed by atoms with Crippen molar-refractivity contribution in [2.45, 2.75) is 26.8 Å². The average molecular weight is 535 g/mol. The summed E-state index contributed by atoms with van der Waals surface area (Å²) in [6.45, 7) is 3.55. The molecule has 0 aliphatic heterocycles. The topological polar surface area (TPSA) is 102 Å². The molecule has 0 bridgehead atoms. The molecular weight excluding hydrogens is 508 g/mol. The number of rotatable bonds is 10. The van der Waals surface area contributed by atoms with Crippen molar-refractivity contribution in [1.82, 2.24) is 9.88 Å². The maximum atomic E-state index is 12.7. The summed E-state index contributed by atoms with van der Waals surface area (Å²) in [4.78, 5) is 29.8. The molecule has 0 unspecified atom stereocenters. The van der Waals surface area contributed by atoms with Crippen LogP contribution in [0.5, 0.6) is 11.5 Å². The summed E-state index contributed by atoms with van der Waals surface area (Å²) in [5.74, 6) is 0.962. The fraction of sp³-hybridized carbons (Fsp3) is 0.207. The van der Waals surface area contributed by atoms with Crippen molar-refractivity contribution in [1.29, 1.82) is 0 Å². The van der Waals surface area contributed by atoms with Gasteiger partial charge in [0.15, 0.2) is 0 Å². The normalized spacial score (nSPS) is 10.7. The van der Waals surface area contributed by atoms with E-state index in [1.165, 1.54) is 6.07 Å². The number of nitrogens with zero attached hydrogens (tertiary/aromatic N) is 2. The van der Waals surface area contributed by atoms with Crippen molar-refractivity contribution >= 4 is 23.7 Å². The van der Waals surface area contributed by atoms with Crippen molar-refractivity contribution in [3.05, 3.63) is 100 Å². The maximum Gasteiger partial charge on any atom is 0.416 e. The molecule has 1 N–H and O–H groups in total. The van der Waals surface area contributed by atoms with Gasteiger partial charge < -0.3 is 19.0 Å². The zero-order chi connectivity index (χ0) is 27.1. The van der Waals surface area contributed by atoms with Gasteiger partial charge in [-0.25, -0.2) is 9.78 Å². The van der Waals surface area contributed by atoms with E-state index in [0.29, 0.717) is 35.3 Å². The third kappa shape index (κ3) is 7.14. The van der Waals surface area contributed by atoms with Crippen LogP contribution in [0.4, 0.5) is 4.79 Å². The van der Waals surface area contributed by atoms with Gasteiger partial charge >= 0.3 is 12.1 Å². The first kappa shape index (κ1) is 26.8. The molecule has 0 spiro atoms. The molecule has 0 saturated heterocycles. The first-order chi connectivity index (χ1) is 18.3. The SMILES string of the molecule is Cc1ccc(OC(=O)N(CC(=O)O)Cc2cccc(OCCc3nc(-c4ccccc4)oc3C)c2)cc1Cl. The first-order valence-electron chi connectivity index (χ1n) is 12.0. The fourth-order valence-corrected chi connectivity index (χ4v) is 3.90. The van der Waals surface area contributed by atoms with Crippen LogP contribution in [0.15, 0.2) is 77.2 Å². The number of benzene rings is 3. The van der Waals surface area contributed by atoms with E-state index in [-0.39, 0.29) is 12.3 Å². The molecule has 0 fully saturated rings. The van der Waals surface area contributed by atoms with Crippen LogP contribution < -0.4 is 9.47 Å². The van der Waals surface area contributed by atoms with E-state index in [2.05, 4.69) is 4.98 Å². The number of halogens is 1. The second kappa shape index (κ2) is 12.3. The van der Waals surface area contributed by atoms with E-state index in [9.17, 15) is 14.7 Å². The largest absolute Gasteiger partial charge is 0.493 e. The van der Waals surface area contributed by atoms with Gasteiger partial charge in [-0.05, 0) is 61.4 Å². The van der Waals surface area contributed by atoms with Crippen LogP contribution >= 0.6 is 11.6 Å². The lowest BCUT2D eigenvalue weighted by atomic mass is 10.2. The Labute approximate surface area is 225 Å². The van der Waals surface area contributed by atoms with Gasteiger partial charge in [-0.3, -0.25) is 9.69 Å². The van der Waals surface area contributed by atoms with Crippen molar-refractivity contribution in [3.63, 3.8) is 0 Å². The highest BCUT2D eigenvalue weighted by Crippen LogP contribution is 2.24. The van der Waals surface area contributed by atoms with Gasteiger partial charge in [0.2, 0.25) is 5.89 Å². The standard InChI is InChI=1S/C29H27ClN2O6/c1-19-11-12-24(16-25(19)30)38-29(35)32(18-27(33)34)17-21-7-6-10-23(15-21)36-14-13-26-20(2)37-28(31-26)22-8-4-3-5-9-22/h3-12,15-16H,13-14,17-18H2,1-2H3,(H,33,34). The Bertz CT molecular complexity index is 1420. The number of aryl methyl sites for hydroxylation is 2. The Kier molecular flexibility index (Phi) is 8.66. The zero-order valence-corrected chi connectivity index (χ0v) is 21.8. The Morgan fingerprint density at radius 1 is 1.00 bits per heavy atom. The van der Waals surface area contributed by atoms with Gasteiger partial charge in [0, 0.05) is 23.6 Å². The minimum absolute atomic E-state index is 0.0186. The average Bonchev–Trinajstić information content (AvgIpc) is 3.26. The molecule has 4 rings (SSSR count). The lowest BCUT2D eigenvalue weighted by Crippen LogP contribution is -2.37. The minimum Gasteiger partial charge on any atom is -0.493 e. The number of oxazole rings is 1. The summed E-state index contributed by atoms with van der Waals surface area (Å²) in [7, 11) is 0. The molecule has 1 heterocycles. The van der Waals surface area contributed by atoms with Crippen LogP contribution in [0.1, 0.15) is 22.6 Å². The van der Waals surface area contributed by atoms with Crippen molar-refractivity contribution in [2.75, 3.05) is 13.2 Å². The van der Waals surface area contributed by atoms with Crippen LogP contribution in [0.3, 0.4) is 0 Å². The number of amides is 1. The van der Waals surface area contributed by atoms with Crippen LogP contribution in [-0.2, 0) is 17.8 Å². The fourth-order valence-electron chi connectivity index (χ4n) is 3.73. The predicted octanol–water partition coefficient (Wildman–Crippen LogP) is 6.32. The Morgan fingerprint density at radius 3 is 2.53 bits per heavy atom. The van der Waals surface area contributed by atoms with Gasteiger partial charge in [0.05, 0.1) is 12.3 Å². The number of hydrogen-bond donors (Lipinski definition) is 1. The number of carboxylic acids is 1. The number of ether oxygens (including phenoxy) is 2. The zero-order valence-electron chi connectivity index (χ0n) is 21.0. The molecule has 9 heteroatoms. The number of carboxylic acid groups (broad SMARTS) is 1. The van der Waals surface area contributed by atoms with E-state index in [1.807, 2.05) is 44.2 Å². The summed E-state index contributed by atoms with van der Waals surface area (Å²) in [6.07, 6.45) is -0.252. The lowest BCUT2D eigenvalue weighted by Gasteiger charge is -2.20. The number of aliphatic carboxylic acids is 1. The number of carbonyl (C=O) groups excluding carboxylic acids is 1. The third-order valence-electron chi connectivity index (χ3n) is 5.73. The Morgan fingerprint density at radius 2 is 1.79 bits per heavy atom. The number of aromatic nitrogens is 1. The summed E-state index contributed by atoms with van der Waals surface area (Å²) in [6, 6.07) is 21.6. The monoisotopic (exact) mass is 534 g/mol. The number of hydrogen-bond acceptors (Lipinski definition) is 6. The van der Waals surface area contributed by atoms with Gasteiger partial charge in [-0.15, -0.1) is 0 Å². The Hall–Kier alpha value is -4.30. The van der Waals surface area contributed by atoms with Crippen LogP contribution in [0.25, 0.3) is 11.5 Å². The molecule has 0 radical (unpaired) electrons. The smallest absolute Gasteiger partial charge is 0.416 e. The summed E-state index contributed by atoms with van der Waals surface area (Å²) < 4.78 is 17.1. The van der Waals surface area contributed by atoms with Gasteiger partial charge in [0.1, 0.15) is 23.8 Å². The van der Waals surface area contributed by atoms with Gasteiger partial charge in [-0.1, -0.05) is 48.0 Å². The molecule has 0 aliphatic carbocycles. The van der Waals surface area contributed by atoms with Crippen LogP contribution in [0, 0.1) is 13.8 Å². The predicted molar refractivity (Wildman–Crippen MR) is 143 cm³/mol. The number of carbonyl (C=O) groups is 2. The Balaban J connectivity index is 1.38.